The summed E-state index contributed by atoms with van der Waals surface area (Å²) < 4.78 is 4.85. The van der Waals surface area contributed by atoms with Crippen LogP contribution in [0.3, 0.4) is 0 Å². The van der Waals surface area contributed by atoms with Crippen molar-refractivity contribution in [1.29, 1.82) is 5.26 Å². The molecule has 0 aliphatic rings. The number of esters is 1. The Balaban J connectivity index is 2.19. The molecule has 24 heavy (non-hydrogen) atoms. The number of nitrogens with zero attached hydrogens (tertiary/aromatic N) is 2. The van der Waals surface area contributed by atoms with E-state index < -0.39 is 17.0 Å². The minimum Gasteiger partial charge on any atom is -0.444 e. The summed E-state index contributed by atoms with van der Waals surface area (Å²) in [6.07, 6.45) is -0.924. The molecular formula is C17H15N3O4. The fourth-order valence-electron chi connectivity index (χ4n) is 2.01. The van der Waals surface area contributed by atoms with E-state index in [1.807, 2.05) is 30.3 Å². The number of benzene rings is 2. The first-order valence-corrected chi connectivity index (χ1v) is 7.18. The van der Waals surface area contributed by atoms with Gasteiger partial charge >= 0.3 is 5.97 Å². The molecule has 0 aromatic heterocycles. The summed E-state index contributed by atoms with van der Waals surface area (Å²) in [5, 5.41) is 22.9. The van der Waals surface area contributed by atoms with Gasteiger partial charge in [0, 0.05) is 12.6 Å². The summed E-state index contributed by atoms with van der Waals surface area (Å²) in [7, 11) is 0. The van der Waals surface area contributed by atoms with Gasteiger partial charge in [-0.3, -0.25) is 10.1 Å². The minimum absolute atomic E-state index is 0.0223. The number of hydrogen-bond acceptors (Lipinski definition) is 6. The average molecular weight is 325 g/mol. The van der Waals surface area contributed by atoms with E-state index in [0.29, 0.717) is 12.2 Å². The van der Waals surface area contributed by atoms with Gasteiger partial charge in [0.25, 0.3) is 5.69 Å². The van der Waals surface area contributed by atoms with Gasteiger partial charge < -0.3 is 10.1 Å². The number of nitro groups is 1. The van der Waals surface area contributed by atoms with E-state index in [0.717, 1.165) is 11.6 Å². The number of hydrogen-bond donors (Lipinski definition) is 1. The molecule has 0 bridgehead atoms. The maximum absolute atomic E-state index is 11.9. The zero-order valence-electron chi connectivity index (χ0n) is 12.9. The van der Waals surface area contributed by atoms with Crippen molar-refractivity contribution in [2.75, 3.05) is 5.32 Å². The normalized spacial score (nSPS) is 11.2. The Morgan fingerprint density at radius 3 is 2.67 bits per heavy atom. The van der Waals surface area contributed by atoms with Gasteiger partial charge in [-0.15, -0.1) is 0 Å². The fourth-order valence-corrected chi connectivity index (χ4v) is 2.01. The number of nitrogens with one attached hydrogen (secondary N) is 1. The van der Waals surface area contributed by atoms with Crippen molar-refractivity contribution >= 4 is 17.3 Å². The standard InChI is InChI=1S/C17H15N3O4/c1-12(10-18)24-17(21)14-7-8-15(16(9-14)20(22)23)19-11-13-5-3-2-4-6-13/h2-9,12,19H,11H2,1H3/t12-/m0/s1. The lowest BCUT2D eigenvalue weighted by Crippen LogP contribution is -2.13. The van der Waals surface area contributed by atoms with Crippen LogP contribution in [-0.2, 0) is 11.3 Å². The minimum atomic E-state index is -0.924. The maximum Gasteiger partial charge on any atom is 0.339 e. The van der Waals surface area contributed by atoms with E-state index in [1.165, 1.54) is 19.1 Å². The topological polar surface area (TPSA) is 105 Å². The predicted octanol–water partition coefficient (Wildman–Crippen LogP) is 3.28. The molecule has 0 fully saturated rings. The van der Waals surface area contributed by atoms with Gasteiger partial charge in [0.15, 0.2) is 6.10 Å². The van der Waals surface area contributed by atoms with E-state index in [2.05, 4.69) is 5.32 Å². The SMILES string of the molecule is C[C@@H](C#N)OC(=O)c1ccc(NCc2ccccc2)c([N+](=O)[O-])c1. The first-order chi connectivity index (χ1) is 11.5. The molecule has 7 nitrogen and oxygen atoms in total. The van der Waals surface area contributed by atoms with E-state index in [4.69, 9.17) is 10.00 Å². The van der Waals surface area contributed by atoms with Crippen molar-refractivity contribution in [3.63, 3.8) is 0 Å². The van der Waals surface area contributed by atoms with Gasteiger partial charge in [0.05, 0.1) is 10.5 Å². The summed E-state index contributed by atoms with van der Waals surface area (Å²) in [6, 6.07) is 15.2. The van der Waals surface area contributed by atoms with Crippen molar-refractivity contribution in [3.8, 4) is 6.07 Å². The third-order valence-electron chi connectivity index (χ3n) is 3.22. The van der Waals surface area contributed by atoms with E-state index in [9.17, 15) is 14.9 Å². The molecule has 0 aliphatic heterocycles. The predicted molar refractivity (Wildman–Crippen MR) is 87.4 cm³/mol. The van der Waals surface area contributed by atoms with Gasteiger partial charge in [0.2, 0.25) is 0 Å². The Bertz CT molecular complexity index is 784. The van der Waals surface area contributed by atoms with Crippen LogP contribution in [0.5, 0.6) is 0 Å². The van der Waals surface area contributed by atoms with Crippen LogP contribution in [0.1, 0.15) is 22.8 Å². The molecule has 1 N–H and O–H groups in total. The molecule has 0 amide bonds. The van der Waals surface area contributed by atoms with Gasteiger partial charge in [0.1, 0.15) is 11.8 Å². The largest absolute Gasteiger partial charge is 0.444 e. The molecule has 0 saturated heterocycles. The van der Waals surface area contributed by atoms with Crippen LogP contribution in [0, 0.1) is 21.4 Å². The third-order valence-corrected chi connectivity index (χ3v) is 3.22. The second-order valence-corrected chi connectivity index (χ2v) is 5.00. The first-order valence-electron chi connectivity index (χ1n) is 7.18. The van der Waals surface area contributed by atoms with Crippen molar-refractivity contribution in [2.24, 2.45) is 0 Å². The Kier molecular flexibility index (Phi) is 5.47. The van der Waals surface area contributed by atoms with Crippen molar-refractivity contribution < 1.29 is 14.5 Å². The van der Waals surface area contributed by atoms with Gasteiger partial charge in [-0.2, -0.15) is 5.26 Å². The van der Waals surface area contributed by atoms with Crippen LogP contribution in [0.2, 0.25) is 0 Å². The lowest BCUT2D eigenvalue weighted by atomic mass is 10.1. The molecule has 1 atom stereocenters. The Morgan fingerprint density at radius 1 is 1.33 bits per heavy atom. The highest BCUT2D eigenvalue weighted by molar-refractivity contribution is 5.91. The summed E-state index contributed by atoms with van der Waals surface area (Å²) >= 11 is 0. The summed E-state index contributed by atoms with van der Waals surface area (Å²) in [4.78, 5) is 22.5. The number of ether oxygens (including phenoxy) is 1. The zero-order valence-corrected chi connectivity index (χ0v) is 12.9. The second kappa shape index (κ2) is 7.74. The molecular weight excluding hydrogens is 310 g/mol. The Hall–Kier alpha value is -3.40. The van der Waals surface area contributed by atoms with E-state index in [-0.39, 0.29) is 11.3 Å². The smallest absolute Gasteiger partial charge is 0.339 e. The Morgan fingerprint density at radius 2 is 2.04 bits per heavy atom. The number of nitro benzene ring substituents is 1. The number of carbonyl (C=O) groups is 1. The average Bonchev–Trinajstić information content (AvgIpc) is 2.60. The van der Waals surface area contributed by atoms with Crippen molar-refractivity contribution in [3.05, 3.63) is 69.8 Å². The molecule has 2 rings (SSSR count). The zero-order chi connectivity index (χ0) is 17.5. The highest BCUT2D eigenvalue weighted by Crippen LogP contribution is 2.26. The molecule has 0 aliphatic carbocycles. The molecule has 0 unspecified atom stereocenters. The first kappa shape index (κ1) is 17.0. The van der Waals surface area contributed by atoms with Crippen LogP contribution in [0.25, 0.3) is 0 Å². The number of anilines is 1. The van der Waals surface area contributed by atoms with Crippen LogP contribution < -0.4 is 5.32 Å². The maximum atomic E-state index is 11.9. The van der Waals surface area contributed by atoms with E-state index >= 15 is 0 Å². The lowest BCUT2D eigenvalue weighted by molar-refractivity contribution is -0.384. The van der Waals surface area contributed by atoms with Gasteiger partial charge in [-0.1, -0.05) is 30.3 Å². The number of carbonyl (C=O) groups excluding carboxylic acids is 1. The molecule has 122 valence electrons. The summed E-state index contributed by atoms with van der Waals surface area (Å²) in [5.41, 5.74) is 1.06. The number of nitriles is 1. The van der Waals surface area contributed by atoms with Crippen LogP contribution >= 0.6 is 0 Å². The second-order valence-electron chi connectivity index (χ2n) is 5.00. The van der Waals surface area contributed by atoms with Crippen molar-refractivity contribution in [2.45, 2.75) is 19.6 Å². The molecule has 0 heterocycles. The van der Waals surface area contributed by atoms with Gasteiger partial charge in [-0.05, 0) is 24.6 Å². The monoisotopic (exact) mass is 325 g/mol. The van der Waals surface area contributed by atoms with E-state index in [1.54, 1.807) is 6.07 Å². The van der Waals surface area contributed by atoms with Crippen molar-refractivity contribution in [1.82, 2.24) is 0 Å². The summed E-state index contributed by atoms with van der Waals surface area (Å²) in [6.45, 7) is 1.83. The third kappa shape index (κ3) is 4.30. The fraction of sp³-hybridized carbons (Fsp3) is 0.176. The van der Waals surface area contributed by atoms with Crippen LogP contribution in [-0.4, -0.2) is 17.0 Å². The highest BCUT2D eigenvalue weighted by atomic mass is 16.6. The van der Waals surface area contributed by atoms with Crippen LogP contribution in [0.4, 0.5) is 11.4 Å². The molecule has 0 spiro atoms. The number of rotatable bonds is 6. The molecule has 2 aromatic carbocycles. The van der Waals surface area contributed by atoms with Gasteiger partial charge in [-0.25, -0.2) is 4.79 Å². The highest BCUT2D eigenvalue weighted by Gasteiger charge is 2.19. The Labute approximate surface area is 138 Å². The lowest BCUT2D eigenvalue weighted by Gasteiger charge is -2.09. The molecule has 0 saturated carbocycles. The molecule has 0 radical (unpaired) electrons. The summed E-state index contributed by atoms with van der Waals surface area (Å²) in [5.74, 6) is -0.776. The molecule has 7 heteroatoms. The quantitative estimate of drug-likeness (QED) is 0.496. The molecule has 2 aromatic rings. The van der Waals surface area contributed by atoms with Crippen LogP contribution in [0.15, 0.2) is 48.5 Å².